The van der Waals surface area contributed by atoms with E-state index in [0.717, 1.165) is 12.5 Å². The Labute approximate surface area is 114 Å². The van der Waals surface area contributed by atoms with Gasteiger partial charge in [-0.25, -0.2) is 4.79 Å². The first-order chi connectivity index (χ1) is 8.69. The van der Waals surface area contributed by atoms with E-state index in [-0.39, 0.29) is 28.4 Å². The highest BCUT2D eigenvalue weighted by atomic mass is 16.5. The van der Waals surface area contributed by atoms with Crippen molar-refractivity contribution in [2.24, 2.45) is 11.3 Å². The van der Waals surface area contributed by atoms with E-state index in [2.05, 4.69) is 20.8 Å². The van der Waals surface area contributed by atoms with Crippen molar-refractivity contribution in [1.29, 1.82) is 0 Å². The number of rotatable bonds is 4. The van der Waals surface area contributed by atoms with Gasteiger partial charge in [0, 0.05) is 6.07 Å². The van der Waals surface area contributed by atoms with Crippen molar-refractivity contribution in [2.75, 3.05) is 6.61 Å². The van der Waals surface area contributed by atoms with E-state index in [9.17, 15) is 9.90 Å². The molecule has 0 heterocycles. The standard InChI is InChI=1S/C15H22O4/c1-10(8-15(2,3)4)9-19-14(18)12-6-5-11(16)7-13(12)17/h5-7,10,16-17H,8-9H2,1-4H3. The molecule has 0 saturated heterocycles. The van der Waals surface area contributed by atoms with Crippen LogP contribution in [0, 0.1) is 11.3 Å². The molecule has 0 bridgehead atoms. The number of carbonyl (C=O) groups excluding carboxylic acids is 1. The third-order valence-corrected chi connectivity index (χ3v) is 2.66. The average Bonchev–Trinajstić information content (AvgIpc) is 2.23. The molecular weight excluding hydrogens is 244 g/mol. The first-order valence-corrected chi connectivity index (χ1v) is 6.38. The van der Waals surface area contributed by atoms with Crippen LogP contribution >= 0.6 is 0 Å². The van der Waals surface area contributed by atoms with Gasteiger partial charge >= 0.3 is 5.97 Å². The molecule has 0 aromatic heterocycles. The number of aromatic hydroxyl groups is 2. The molecule has 106 valence electrons. The Hall–Kier alpha value is -1.71. The van der Waals surface area contributed by atoms with Gasteiger partial charge in [-0.2, -0.15) is 0 Å². The topological polar surface area (TPSA) is 66.8 Å². The van der Waals surface area contributed by atoms with Gasteiger partial charge in [-0.15, -0.1) is 0 Å². The SMILES string of the molecule is CC(COC(=O)c1ccc(O)cc1O)CC(C)(C)C. The smallest absolute Gasteiger partial charge is 0.341 e. The van der Waals surface area contributed by atoms with Gasteiger partial charge in [0.1, 0.15) is 17.1 Å². The highest BCUT2D eigenvalue weighted by Gasteiger charge is 2.18. The molecule has 1 aromatic carbocycles. The van der Waals surface area contributed by atoms with Crippen LogP contribution < -0.4 is 0 Å². The van der Waals surface area contributed by atoms with Crippen molar-refractivity contribution in [3.05, 3.63) is 23.8 Å². The zero-order valence-electron chi connectivity index (χ0n) is 11.9. The van der Waals surface area contributed by atoms with Crippen LogP contribution in [0.5, 0.6) is 11.5 Å². The molecule has 4 nitrogen and oxygen atoms in total. The van der Waals surface area contributed by atoms with Gasteiger partial charge in [0.2, 0.25) is 0 Å². The molecule has 0 amide bonds. The molecule has 0 aliphatic heterocycles. The molecule has 2 N–H and O–H groups in total. The summed E-state index contributed by atoms with van der Waals surface area (Å²) >= 11 is 0. The lowest BCUT2D eigenvalue weighted by molar-refractivity contribution is 0.0417. The van der Waals surface area contributed by atoms with E-state index in [4.69, 9.17) is 9.84 Å². The second kappa shape index (κ2) is 5.95. The maximum absolute atomic E-state index is 11.8. The third-order valence-electron chi connectivity index (χ3n) is 2.66. The minimum atomic E-state index is -0.571. The monoisotopic (exact) mass is 266 g/mol. The van der Waals surface area contributed by atoms with Gasteiger partial charge in [0.25, 0.3) is 0 Å². The number of ether oxygens (including phenoxy) is 1. The maximum Gasteiger partial charge on any atom is 0.341 e. The largest absolute Gasteiger partial charge is 0.508 e. The highest BCUT2D eigenvalue weighted by Crippen LogP contribution is 2.26. The normalized spacial score (nSPS) is 13.1. The van der Waals surface area contributed by atoms with Crippen LogP contribution in [-0.2, 0) is 4.74 Å². The van der Waals surface area contributed by atoms with Crippen LogP contribution in [0.3, 0.4) is 0 Å². The third kappa shape index (κ3) is 5.20. The Kier molecular flexibility index (Phi) is 4.81. The number of hydrogen-bond donors (Lipinski definition) is 2. The fourth-order valence-electron chi connectivity index (χ4n) is 2.09. The summed E-state index contributed by atoms with van der Waals surface area (Å²) in [6, 6.07) is 3.81. The van der Waals surface area contributed by atoms with Crippen LogP contribution in [0.15, 0.2) is 18.2 Å². The molecule has 0 saturated carbocycles. The predicted molar refractivity (Wildman–Crippen MR) is 73.3 cm³/mol. The molecule has 1 aromatic rings. The first kappa shape index (κ1) is 15.3. The zero-order valence-corrected chi connectivity index (χ0v) is 11.9. The summed E-state index contributed by atoms with van der Waals surface area (Å²) in [6.07, 6.45) is 0.946. The van der Waals surface area contributed by atoms with E-state index in [0.29, 0.717) is 6.61 Å². The van der Waals surface area contributed by atoms with Crippen molar-refractivity contribution in [2.45, 2.75) is 34.1 Å². The van der Waals surface area contributed by atoms with Crippen LogP contribution in [0.4, 0.5) is 0 Å². The molecule has 4 heteroatoms. The Morgan fingerprint density at radius 2 is 1.95 bits per heavy atom. The summed E-state index contributed by atoms with van der Waals surface area (Å²) in [5.41, 5.74) is 0.257. The Balaban J connectivity index is 2.56. The van der Waals surface area contributed by atoms with Gasteiger partial charge in [0.15, 0.2) is 0 Å². The summed E-state index contributed by atoms with van der Waals surface area (Å²) in [5.74, 6) is -0.676. The van der Waals surface area contributed by atoms with Gasteiger partial charge in [-0.05, 0) is 29.9 Å². The molecule has 0 spiro atoms. The van der Waals surface area contributed by atoms with Crippen molar-refractivity contribution in [3.8, 4) is 11.5 Å². The average molecular weight is 266 g/mol. The molecule has 0 aliphatic rings. The zero-order chi connectivity index (χ0) is 14.6. The van der Waals surface area contributed by atoms with Crippen molar-refractivity contribution < 1.29 is 19.7 Å². The second-order valence-electron chi connectivity index (χ2n) is 6.17. The lowest BCUT2D eigenvalue weighted by Crippen LogP contribution is -2.17. The van der Waals surface area contributed by atoms with E-state index < -0.39 is 5.97 Å². The van der Waals surface area contributed by atoms with Crippen molar-refractivity contribution in [3.63, 3.8) is 0 Å². The number of esters is 1. The van der Waals surface area contributed by atoms with Gasteiger partial charge in [-0.3, -0.25) is 0 Å². The highest BCUT2D eigenvalue weighted by molar-refractivity contribution is 5.92. The van der Waals surface area contributed by atoms with Crippen LogP contribution in [0.1, 0.15) is 44.5 Å². The number of benzene rings is 1. The lowest BCUT2D eigenvalue weighted by atomic mass is 9.86. The molecule has 0 radical (unpaired) electrons. The molecule has 1 rings (SSSR count). The fourth-order valence-corrected chi connectivity index (χ4v) is 2.09. The van der Waals surface area contributed by atoms with Crippen LogP contribution in [0.25, 0.3) is 0 Å². The quantitative estimate of drug-likeness (QED) is 0.820. The molecule has 19 heavy (non-hydrogen) atoms. The minimum Gasteiger partial charge on any atom is -0.508 e. The molecule has 0 aliphatic carbocycles. The van der Waals surface area contributed by atoms with E-state index >= 15 is 0 Å². The number of phenols is 2. The molecule has 1 unspecified atom stereocenters. The first-order valence-electron chi connectivity index (χ1n) is 6.38. The molecule has 1 atom stereocenters. The molecule has 0 fully saturated rings. The van der Waals surface area contributed by atoms with Gasteiger partial charge < -0.3 is 14.9 Å². The van der Waals surface area contributed by atoms with E-state index in [1.807, 2.05) is 6.92 Å². The molecular formula is C15H22O4. The Morgan fingerprint density at radius 1 is 1.32 bits per heavy atom. The number of phenolic OH excluding ortho intramolecular Hbond substituents is 2. The van der Waals surface area contributed by atoms with Crippen LogP contribution in [0.2, 0.25) is 0 Å². The van der Waals surface area contributed by atoms with Gasteiger partial charge in [-0.1, -0.05) is 27.7 Å². The summed E-state index contributed by atoms with van der Waals surface area (Å²) < 4.78 is 5.18. The summed E-state index contributed by atoms with van der Waals surface area (Å²) in [4.78, 5) is 11.8. The minimum absolute atomic E-state index is 0.0701. The van der Waals surface area contributed by atoms with Crippen molar-refractivity contribution >= 4 is 5.97 Å². The Bertz CT molecular complexity index is 446. The fraction of sp³-hybridized carbons (Fsp3) is 0.533. The number of carbonyl (C=O) groups is 1. The lowest BCUT2D eigenvalue weighted by Gasteiger charge is -2.22. The van der Waals surface area contributed by atoms with E-state index in [1.54, 1.807) is 0 Å². The summed E-state index contributed by atoms with van der Waals surface area (Å²) in [7, 11) is 0. The number of hydrogen-bond acceptors (Lipinski definition) is 4. The summed E-state index contributed by atoms with van der Waals surface area (Å²) in [5, 5.41) is 18.7. The summed E-state index contributed by atoms with van der Waals surface area (Å²) in [6.45, 7) is 8.75. The van der Waals surface area contributed by atoms with Crippen LogP contribution in [-0.4, -0.2) is 22.8 Å². The van der Waals surface area contributed by atoms with E-state index in [1.165, 1.54) is 12.1 Å². The maximum atomic E-state index is 11.8. The van der Waals surface area contributed by atoms with Crippen molar-refractivity contribution in [1.82, 2.24) is 0 Å². The Morgan fingerprint density at radius 3 is 2.47 bits per heavy atom. The second-order valence-corrected chi connectivity index (χ2v) is 6.17. The van der Waals surface area contributed by atoms with Gasteiger partial charge in [0.05, 0.1) is 6.61 Å². The predicted octanol–water partition coefficient (Wildman–Crippen LogP) is 3.33.